The molecule has 0 aromatic rings. The second-order valence-electron chi connectivity index (χ2n) is 7.80. The summed E-state index contributed by atoms with van der Waals surface area (Å²) in [7, 11) is -3.02. The Morgan fingerprint density at radius 2 is 2.00 bits per heavy atom. The van der Waals surface area contributed by atoms with E-state index in [0.29, 0.717) is 19.1 Å². The number of halogens is 1. The molecule has 0 amide bonds. The largest absolute Gasteiger partial charge is 0.357 e. The number of nitrogens with one attached hydrogen (secondary N) is 1. The van der Waals surface area contributed by atoms with Crippen molar-refractivity contribution in [2.24, 2.45) is 4.99 Å². The lowest BCUT2D eigenvalue weighted by Gasteiger charge is -2.39. The van der Waals surface area contributed by atoms with Gasteiger partial charge in [0.2, 0.25) is 0 Å². The zero-order valence-electron chi connectivity index (χ0n) is 16.3. The highest BCUT2D eigenvalue weighted by molar-refractivity contribution is 14.0. The SMILES string of the molecule is CCNC(=NCCN(C(C)C)C1CC1)N1CCS(=O)(=O)C(C)(C)C1.I. The van der Waals surface area contributed by atoms with Gasteiger partial charge < -0.3 is 10.2 Å². The normalized spacial score (nSPS) is 22.8. The molecule has 1 aliphatic heterocycles. The topological polar surface area (TPSA) is 65.0 Å². The first-order valence-electron chi connectivity index (χ1n) is 9.19. The maximum absolute atomic E-state index is 12.2. The molecule has 1 heterocycles. The number of sulfone groups is 1. The van der Waals surface area contributed by atoms with Gasteiger partial charge in [0.1, 0.15) is 0 Å². The van der Waals surface area contributed by atoms with Crippen LogP contribution in [0.2, 0.25) is 0 Å². The van der Waals surface area contributed by atoms with Crippen LogP contribution >= 0.6 is 24.0 Å². The fourth-order valence-electron chi connectivity index (χ4n) is 3.29. The summed E-state index contributed by atoms with van der Waals surface area (Å²) in [4.78, 5) is 9.40. The van der Waals surface area contributed by atoms with Crippen LogP contribution in [-0.4, -0.2) is 79.5 Å². The van der Waals surface area contributed by atoms with Crippen LogP contribution in [0.4, 0.5) is 0 Å². The lowest BCUT2D eigenvalue weighted by molar-refractivity contribution is 0.217. The third-order valence-corrected chi connectivity index (χ3v) is 7.51. The van der Waals surface area contributed by atoms with Crippen molar-refractivity contribution in [3.8, 4) is 0 Å². The summed E-state index contributed by atoms with van der Waals surface area (Å²) in [6.07, 6.45) is 2.61. The standard InChI is InChI=1S/C17H34N4O2S.HI/c1-6-18-16(19-9-10-21(14(2)3)15-7-8-15)20-11-12-24(22,23)17(4,5)13-20;/h14-15H,6-13H2,1-5H3,(H,18,19);1H. The van der Waals surface area contributed by atoms with Crippen LogP contribution in [-0.2, 0) is 9.84 Å². The Hall–Kier alpha value is -0.0900. The van der Waals surface area contributed by atoms with Crippen molar-refractivity contribution in [1.29, 1.82) is 0 Å². The van der Waals surface area contributed by atoms with Crippen LogP contribution in [0.3, 0.4) is 0 Å². The Morgan fingerprint density at radius 3 is 2.48 bits per heavy atom. The molecule has 6 nitrogen and oxygen atoms in total. The fraction of sp³-hybridized carbons (Fsp3) is 0.941. The van der Waals surface area contributed by atoms with Crippen molar-refractivity contribution >= 4 is 39.8 Å². The molecule has 1 aliphatic carbocycles. The number of hydrogen-bond donors (Lipinski definition) is 1. The predicted molar refractivity (Wildman–Crippen MR) is 116 cm³/mol. The van der Waals surface area contributed by atoms with Crippen molar-refractivity contribution in [2.45, 2.75) is 64.3 Å². The quantitative estimate of drug-likeness (QED) is 0.353. The molecule has 0 aromatic carbocycles. The van der Waals surface area contributed by atoms with Gasteiger partial charge >= 0.3 is 0 Å². The van der Waals surface area contributed by atoms with E-state index in [1.165, 1.54) is 12.8 Å². The number of aliphatic imine (C=N–C) groups is 1. The molecule has 0 spiro atoms. The van der Waals surface area contributed by atoms with Crippen LogP contribution in [0.25, 0.3) is 0 Å². The Balaban J connectivity index is 0.00000312. The smallest absolute Gasteiger partial charge is 0.194 e. The minimum absolute atomic E-state index is 0. The molecule has 1 saturated heterocycles. The van der Waals surface area contributed by atoms with Gasteiger partial charge in [0.05, 0.1) is 17.0 Å². The van der Waals surface area contributed by atoms with E-state index in [-0.39, 0.29) is 29.7 Å². The molecule has 8 heteroatoms. The zero-order valence-corrected chi connectivity index (χ0v) is 19.4. The highest BCUT2D eigenvalue weighted by Gasteiger charge is 2.41. The monoisotopic (exact) mass is 486 g/mol. The highest BCUT2D eigenvalue weighted by Crippen LogP contribution is 2.28. The molecule has 2 rings (SSSR count). The van der Waals surface area contributed by atoms with E-state index in [9.17, 15) is 8.42 Å². The number of hydrogen-bond acceptors (Lipinski definition) is 4. The van der Waals surface area contributed by atoms with Gasteiger partial charge in [-0.3, -0.25) is 9.89 Å². The molecule has 0 unspecified atom stereocenters. The van der Waals surface area contributed by atoms with E-state index in [1.54, 1.807) is 0 Å². The van der Waals surface area contributed by atoms with Crippen molar-refractivity contribution in [3.63, 3.8) is 0 Å². The first-order chi connectivity index (χ1) is 11.2. The van der Waals surface area contributed by atoms with Gasteiger partial charge in [0, 0.05) is 38.3 Å². The molecule has 0 bridgehead atoms. The third-order valence-electron chi connectivity index (χ3n) is 4.98. The first-order valence-corrected chi connectivity index (χ1v) is 10.8. The second-order valence-corrected chi connectivity index (χ2v) is 10.5. The predicted octanol–water partition coefficient (Wildman–Crippen LogP) is 1.95. The van der Waals surface area contributed by atoms with Crippen molar-refractivity contribution in [3.05, 3.63) is 0 Å². The van der Waals surface area contributed by atoms with Gasteiger partial charge in [-0.15, -0.1) is 24.0 Å². The Kier molecular flexibility index (Phi) is 8.46. The summed E-state index contributed by atoms with van der Waals surface area (Å²) in [6.45, 7) is 13.7. The van der Waals surface area contributed by atoms with Gasteiger partial charge in [-0.25, -0.2) is 8.42 Å². The summed E-state index contributed by atoms with van der Waals surface area (Å²) in [5.41, 5.74) is 0. The summed E-state index contributed by atoms with van der Waals surface area (Å²) >= 11 is 0. The van der Waals surface area contributed by atoms with E-state index >= 15 is 0 Å². The Morgan fingerprint density at radius 1 is 1.36 bits per heavy atom. The summed E-state index contributed by atoms with van der Waals surface area (Å²) < 4.78 is 23.7. The van der Waals surface area contributed by atoms with Crippen LogP contribution in [0.15, 0.2) is 4.99 Å². The van der Waals surface area contributed by atoms with Gasteiger partial charge in [-0.05, 0) is 47.5 Å². The first kappa shape index (κ1) is 23.0. The summed E-state index contributed by atoms with van der Waals surface area (Å²) in [5.74, 6) is 1.05. The van der Waals surface area contributed by atoms with Gasteiger partial charge in [0.15, 0.2) is 15.8 Å². The molecular weight excluding hydrogens is 451 g/mol. The fourth-order valence-corrected chi connectivity index (χ4v) is 4.66. The van der Waals surface area contributed by atoms with Crippen molar-refractivity contribution in [2.75, 3.05) is 38.5 Å². The van der Waals surface area contributed by atoms with E-state index in [4.69, 9.17) is 4.99 Å². The van der Waals surface area contributed by atoms with Crippen LogP contribution in [0.5, 0.6) is 0 Å². The van der Waals surface area contributed by atoms with E-state index in [0.717, 1.165) is 31.6 Å². The Bertz CT molecular complexity index is 557. The minimum atomic E-state index is -3.02. The zero-order chi connectivity index (χ0) is 18.0. The number of guanidine groups is 1. The minimum Gasteiger partial charge on any atom is -0.357 e. The molecular formula is C17H35IN4O2S. The van der Waals surface area contributed by atoms with Gasteiger partial charge in [-0.1, -0.05) is 0 Å². The number of nitrogens with zero attached hydrogens (tertiary/aromatic N) is 3. The van der Waals surface area contributed by atoms with Crippen LogP contribution < -0.4 is 5.32 Å². The summed E-state index contributed by atoms with van der Waals surface area (Å²) in [6, 6.07) is 1.29. The number of rotatable bonds is 6. The lowest BCUT2D eigenvalue weighted by atomic mass is 10.2. The molecule has 0 atom stereocenters. The van der Waals surface area contributed by atoms with Crippen molar-refractivity contribution in [1.82, 2.24) is 15.1 Å². The molecule has 2 fully saturated rings. The second kappa shape index (κ2) is 9.21. The maximum Gasteiger partial charge on any atom is 0.194 e. The molecule has 2 aliphatic rings. The van der Waals surface area contributed by atoms with E-state index in [1.807, 2.05) is 20.8 Å². The molecule has 148 valence electrons. The molecule has 1 saturated carbocycles. The molecule has 25 heavy (non-hydrogen) atoms. The highest BCUT2D eigenvalue weighted by atomic mass is 127. The van der Waals surface area contributed by atoms with E-state index < -0.39 is 14.6 Å². The third kappa shape index (κ3) is 5.95. The molecule has 1 N–H and O–H groups in total. The van der Waals surface area contributed by atoms with Crippen LogP contribution in [0.1, 0.15) is 47.5 Å². The van der Waals surface area contributed by atoms with Crippen molar-refractivity contribution < 1.29 is 8.42 Å². The van der Waals surface area contributed by atoms with E-state index in [2.05, 4.69) is 29.0 Å². The Labute approximate surface area is 170 Å². The summed E-state index contributed by atoms with van der Waals surface area (Å²) in [5, 5.41) is 3.33. The maximum atomic E-state index is 12.2. The average molecular weight is 486 g/mol. The van der Waals surface area contributed by atoms with Gasteiger partial charge in [-0.2, -0.15) is 0 Å². The molecule has 0 aromatic heterocycles. The van der Waals surface area contributed by atoms with Gasteiger partial charge in [0.25, 0.3) is 0 Å². The van der Waals surface area contributed by atoms with Crippen LogP contribution in [0, 0.1) is 0 Å². The average Bonchev–Trinajstić information content (AvgIpc) is 3.29. The molecule has 0 radical (unpaired) electrons. The lowest BCUT2D eigenvalue weighted by Crippen LogP contribution is -2.57.